The van der Waals surface area contributed by atoms with Crippen LogP contribution in [0.4, 0.5) is 0 Å². The zero-order valence-corrected chi connectivity index (χ0v) is 14.5. The number of sulfone groups is 1. The second-order valence-electron chi connectivity index (χ2n) is 4.94. The van der Waals surface area contributed by atoms with Gasteiger partial charge in [0.25, 0.3) is 0 Å². The number of hydrogen-bond acceptors (Lipinski definition) is 4. The molecule has 2 atom stereocenters. The monoisotopic (exact) mass is 367 g/mol. The van der Waals surface area contributed by atoms with Gasteiger partial charge in [-0.3, -0.25) is 4.79 Å². The first-order chi connectivity index (χ1) is 9.77. The number of amides is 1. The van der Waals surface area contributed by atoms with Gasteiger partial charge in [0.1, 0.15) is 0 Å². The minimum atomic E-state index is -3.00. The Labute approximate surface area is 138 Å². The second-order valence-corrected chi connectivity index (χ2v) is 9.40. The van der Waals surface area contributed by atoms with Gasteiger partial charge in [0, 0.05) is 16.0 Å². The highest BCUT2D eigenvalue weighted by Gasteiger charge is 2.30. The number of nitrogens with one attached hydrogen (secondary N) is 1. The lowest BCUT2D eigenvalue weighted by Crippen LogP contribution is -2.39. The number of halogens is 2. The fourth-order valence-electron chi connectivity index (χ4n) is 2.04. The average molecular weight is 368 g/mol. The fraction of sp³-hybridized carbons (Fsp3) is 0.462. The zero-order chi connectivity index (χ0) is 15.6. The number of hydrogen-bond donors (Lipinski definition) is 1. The summed E-state index contributed by atoms with van der Waals surface area (Å²) in [7, 11) is -3.00. The lowest BCUT2D eigenvalue weighted by molar-refractivity contribution is -0.120. The molecular formula is C13H15Cl2NO3S2. The van der Waals surface area contributed by atoms with Crippen LogP contribution in [-0.2, 0) is 14.6 Å². The van der Waals surface area contributed by atoms with E-state index >= 15 is 0 Å². The summed E-state index contributed by atoms with van der Waals surface area (Å²) >= 11 is 13.3. The van der Waals surface area contributed by atoms with Crippen LogP contribution in [0, 0.1) is 0 Å². The van der Waals surface area contributed by atoms with Crippen LogP contribution in [0.1, 0.15) is 13.3 Å². The van der Waals surface area contributed by atoms with E-state index in [1.807, 2.05) is 0 Å². The van der Waals surface area contributed by atoms with Crippen LogP contribution in [0.3, 0.4) is 0 Å². The Bertz CT molecular complexity index is 649. The van der Waals surface area contributed by atoms with Crippen LogP contribution in [0.25, 0.3) is 0 Å². The van der Waals surface area contributed by atoms with Gasteiger partial charge in [0.2, 0.25) is 5.91 Å². The molecule has 0 unspecified atom stereocenters. The molecule has 1 heterocycles. The van der Waals surface area contributed by atoms with E-state index < -0.39 is 9.84 Å². The quantitative estimate of drug-likeness (QED) is 0.831. The Balaban J connectivity index is 1.95. The van der Waals surface area contributed by atoms with Gasteiger partial charge in [0.05, 0.1) is 21.8 Å². The Kier molecular flexibility index (Phi) is 5.46. The van der Waals surface area contributed by atoms with Crippen LogP contribution < -0.4 is 5.32 Å². The topological polar surface area (TPSA) is 63.2 Å². The number of carbonyl (C=O) groups excluding carboxylic acids is 1. The maximum absolute atomic E-state index is 12.1. The fourth-order valence-corrected chi connectivity index (χ4v) is 5.13. The summed E-state index contributed by atoms with van der Waals surface area (Å²) in [5.41, 5.74) is 0. The average Bonchev–Trinajstić information content (AvgIpc) is 2.73. The molecule has 0 bridgehead atoms. The molecule has 0 aromatic heterocycles. The molecule has 1 saturated heterocycles. The van der Waals surface area contributed by atoms with Crippen molar-refractivity contribution >= 4 is 50.7 Å². The molecule has 1 aromatic rings. The molecule has 0 radical (unpaired) electrons. The van der Waals surface area contributed by atoms with Crippen molar-refractivity contribution in [1.29, 1.82) is 0 Å². The minimum absolute atomic E-state index is 0.0219. The number of benzene rings is 1. The van der Waals surface area contributed by atoms with Crippen LogP contribution in [-0.4, -0.2) is 37.1 Å². The smallest absolute Gasteiger partial charge is 0.233 e. The molecule has 4 nitrogen and oxygen atoms in total. The van der Waals surface area contributed by atoms with Gasteiger partial charge in [-0.15, -0.1) is 11.8 Å². The van der Waals surface area contributed by atoms with Gasteiger partial charge in [-0.05, 0) is 31.5 Å². The van der Waals surface area contributed by atoms with Gasteiger partial charge < -0.3 is 5.32 Å². The van der Waals surface area contributed by atoms with E-state index in [0.717, 1.165) is 4.90 Å². The molecule has 1 aliphatic rings. The second kappa shape index (κ2) is 6.77. The Morgan fingerprint density at radius 3 is 2.76 bits per heavy atom. The lowest BCUT2D eigenvalue weighted by atomic mass is 10.2. The summed E-state index contributed by atoms with van der Waals surface area (Å²) in [5, 5.41) is 3.48. The third kappa shape index (κ3) is 4.77. The predicted molar refractivity (Wildman–Crippen MR) is 87.0 cm³/mol. The van der Waals surface area contributed by atoms with Gasteiger partial charge >= 0.3 is 0 Å². The Morgan fingerprint density at radius 1 is 1.43 bits per heavy atom. The molecule has 1 amide bonds. The highest BCUT2D eigenvalue weighted by atomic mass is 35.5. The molecule has 0 spiro atoms. The summed E-state index contributed by atoms with van der Waals surface area (Å²) in [4.78, 5) is 12.8. The maximum Gasteiger partial charge on any atom is 0.233 e. The van der Waals surface area contributed by atoms with E-state index in [2.05, 4.69) is 5.32 Å². The van der Waals surface area contributed by atoms with E-state index in [4.69, 9.17) is 23.2 Å². The molecule has 2 rings (SSSR count). The van der Waals surface area contributed by atoms with Crippen molar-refractivity contribution < 1.29 is 13.2 Å². The van der Waals surface area contributed by atoms with Crippen molar-refractivity contribution in [3.05, 3.63) is 28.2 Å². The van der Waals surface area contributed by atoms with E-state index in [1.54, 1.807) is 25.1 Å². The Hall–Kier alpha value is -0.430. The first-order valence-corrected chi connectivity index (χ1v) is 9.85. The normalized spacial score (nSPS) is 22.0. The Morgan fingerprint density at radius 2 is 2.14 bits per heavy atom. The molecule has 1 N–H and O–H groups in total. The van der Waals surface area contributed by atoms with Crippen molar-refractivity contribution in [3.63, 3.8) is 0 Å². The first kappa shape index (κ1) is 16.9. The highest BCUT2D eigenvalue weighted by molar-refractivity contribution is 8.00. The molecule has 21 heavy (non-hydrogen) atoms. The van der Waals surface area contributed by atoms with Crippen molar-refractivity contribution in [3.8, 4) is 0 Å². The van der Waals surface area contributed by atoms with E-state index in [-0.39, 0.29) is 28.7 Å². The minimum Gasteiger partial charge on any atom is -0.351 e. The summed E-state index contributed by atoms with van der Waals surface area (Å²) in [5.74, 6) is -0.0358. The lowest BCUT2D eigenvalue weighted by Gasteiger charge is -2.16. The molecule has 116 valence electrons. The van der Waals surface area contributed by atoms with Crippen molar-refractivity contribution in [2.75, 3.05) is 11.5 Å². The molecular weight excluding hydrogens is 353 g/mol. The number of thioether (sulfide) groups is 1. The van der Waals surface area contributed by atoms with Crippen molar-refractivity contribution in [2.24, 2.45) is 0 Å². The standard InChI is InChI=1S/C13H15Cl2NO3S2/c1-8(20-12-6-9(14)2-3-11(12)15)13(17)16-10-4-5-21(18,19)7-10/h2-3,6,8,10H,4-5,7H2,1H3,(H,16,17)/t8-,10-/m0/s1. The third-order valence-corrected chi connectivity index (χ3v) is 6.75. The van der Waals surface area contributed by atoms with Crippen LogP contribution >= 0.6 is 35.0 Å². The highest BCUT2D eigenvalue weighted by Crippen LogP contribution is 2.32. The maximum atomic E-state index is 12.1. The molecule has 0 saturated carbocycles. The summed E-state index contributed by atoms with van der Waals surface area (Å²) < 4.78 is 22.8. The van der Waals surface area contributed by atoms with Crippen molar-refractivity contribution in [2.45, 2.75) is 29.5 Å². The van der Waals surface area contributed by atoms with Crippen LogP contribution in [0.5, 0.6) is 0 Å². The van der Waals surface area contributed by atoms with Crippen LogP contribution in [0.15, 0.2) is 23.1 Å². The zero-order valence-electron chi connectivity index (χ0n) is 11.3. The summed E-state index contributed by atoms with van der Waals surface area (Å²) in [6.07, 6.45) is 0.476. The van der Waals surface area contributed by atoms with Gasteiger partial charge in [0.15, 0.2) is 9.84 Å². The van der Waals surface area contributed by atoms with Gasteiger partial charge in [-0.1, -0.05) is 23.2 Å². The van der Waals surface area contributed by atoms with E-state index in [9.17, 15) is 13.2 Å². The van der Waals surface area contributed by atoms with Gasteiger partial charge in [-0.2, -0.15) is 0 Å². The SMILES string of the molecule is C[C@H](Sc1cc(Cl)ccc1Cl)C(=O)N[C@H]1CCS(=O)(=O)C1. The van der Waals surface area contributed by atoms with Crippen molar-refractivity contribution in [1.82, 2.24) is 5.32 Å². The molecule has 8 heteroatoms. The molecule has 1 aromatic carbocycles. The van der Waals surface area contributed by atoms with E-state index in [0.29, 0.717) is 16.5 Å². The molecule has 0 aliphatic carbocycles. The first-order valence-electron chi connectivity index (χ1n) is 6.39. The number of rotatable bonds is 4. The summed E-state index contributed by atoms with van der Waals surface area (Å²) in [6, 6.07) is 4.78. The number of carbonyl (C=O) groups is 1. The molecule has 1 fully saturated rings. The molecule has 1 aliphatic heterocycles. The summed E-state index contributed by atoms with van der Waals surface area (Å²) in [6.45, 7) is 1.75. The largest absolute Gasteiger partial charge is 0.351 e. The van der Waals surface area contributed by atoms with E-state index in [1.165, 1.54) is 11.8 Å². The third-order valence-electron chi connectivity index (χ3n) is 3.15. The van der Waals surface area contributed by atoms with Crippen LogP contribution in [0.2, 0.25) is 10.0 Å². The predicted octanol–water partition coefficient (Wildman–Crippen LogP) is 2.78. The van der Waals surface area contributed by atoms with Gasteiger partial charge in [-0.25, -0.2) is 8.42 Å².